The van der Waals surface area contributed by atoms with Crippen LogP contribution in [0.5, 0.6) is 0 Å². The number of anilines is 1. The molecule has 0 radical (unpaired) electrons. The number of benzene rings is 2. The number of hydrogen-bond acceptors (Lipinski definition) is 4. The minimum absolute atomic E-state index is 0.00915. The fourth-order valence-corrected chi connectivity index (χ4v) is 3.71. The van der Waals surface area contributed by atoms with Gasteiger partial charge in [0.25, 0.3) is 0 Å². The van der Waals surface area contributed by atoms with Crippen molar-refractivity contribution in [3.8, 4) is 0 Å². The molecule has 1 saturated heterocycles. The summed E-state index contributed by atoms with van der Waals surface area (Å²) in [6.07, 6.45) is 5.12. The fraction of sp³-hybridized carbons (Fsp3) is 0.261. The van der Waals surface area contributed by atoms with Crippen LogP contribution in [0.4, 0.5) is 5.95 Å². The molecule has 0 atom stereocenters. The molecule has 5 nitrogen and oxygen atoms in total. The molecule has 2 aromatic carbocycles. The van der Waals surface area contributed by atoms with Crippen molar-refractivity contribution in [3.05, 3.63) is 90.3 Å². The summed E-state index contributed by atoms with van der Waals surface area (Å²) in [6, 6.07) is 22.0. The average molecular weight is 372 g/mol. The zero-order valence-corrected chi connectivity index (χ0v) is 15.7. The second-order valence-corrected chi connectivity index (χ2v) is 7.07. The van der Waals surface area contributed by atoms with E-state index in [1.165, 1.54) is 0 Å². The van der Waals surface area contributed by atoms with Crippen molar-refractivity contribution >= 4 is 11.9 Å². The highest BCUT2D eigenvalue weighted by Gasteiger charge is 2.28. The van der Waals surface area contributed by atoms with E-state index in [0.717, 1.165) is 43.0 Å². The Balaban J connectivity index is 1.44. The Bertz CT molecular complexity index is 839. The average Bonchev–Trinajstić information content (AvgIpc) is 2.79. The van der Waals surface area contributed by atoms with Crippen LogP contribution in [-0.2, 0) is 4.79 Å². The number of hydrogen-bond donors (Lipinski definition) is 1. The molecule has 0 unspecified atom stereocenters. The first-order valence-corrected chi connectivity index (χ1v) is 9.73. The van der Waals surface area contributed by atoms with Crippen molar-refractivity contribution in [2.24, 2.45) is 5.92 Å². The number of piperidine rings is 1. The van der Waals surface area contributed by atoms with Crippen LogP contribution in [0.1, 0.15) is 30.0 Å². The normalized spacial score (nSPS) is 14.8. The number of carbonyl (C=O) groups is 1. The van der Waals surface area contributed by atoms with E-state index >= 15 is 0 Å². The van der Waals surface area contributed by atoms with Crippen LogP contribution in [0.15, 0.2) is 79.1 Å². The molecule has 2 heterocycles. The first kappa shape index (κ1) is 18.2. The molecule has 0 spiro atoms. The summed E-state index contributed by atoms with van der Waals surface area (Å²) in [5.74, 6) is 0.869. The van der Waals surface area contributed by atoms with Crippen molar-refractivity contribution in [2.45, 2.75) is 18.9 Å². The van der Waals surface area contributed by atoms with Crippen molar-refractivity contribution in [2.75, 3.05) is 18.0 Å². The van der Waals surface area contributed by atoms with Gasteiger partial charge < -0.3 is 10.2 Å². The van der Waals surface area contributed by atoms with Gasteiger partial charge in [-0.3, -0.25) is 4.79 Å². The molecule has 0 aliphatic carbocycles. The number of carbonyl (C=O) groups excluding carboxylic acids is 1. The third-order valence-electron chi connectivity index (χ3n) is 5.25. The number of amides is 1. The Morgan fingerprint density at radius 2 is 1.39 bits per heavy atom. The van der Waals surface area contributed by atoms with Gasteiger partial charge in [0.15, 0.2) is 0 Å². The minimum atomic E-state index is -0.134. The number of rotatable bonds is 5. The van der Waals surface area contributed by atoms with E-state index in [0.29, 0.717) is 0 Å². The molecule has 3 aromatic rings. The second kappa shape index (κ2) is 8.65. The van der Waals surface area contributed by atoms with E-state index < -0.39 is 0 Å². The Labute approximate surface area is 165 Å². The third-order valence-corrected chi connectivity index (χ3v) is 5.25. The summed E-state index contributed by atoms with van der Waals surface area (Å²) in [5.41, 5.74) is 2.19. The Morgan fingerprint density at radius 1 is 0.857 bits per heavy atom. The van der Waals surface area contributed by atoms with Gasteiger partial charge in [0.2, 0.25) is 11.9 Å². The van der Waals surface area contributed by atoms with Crippen molar-refractivity contribution in [1.82, 2.24) is 15.3 Å². The highest BCUT2D eigenvalue weighted by atomic mass is 16.1. The van der Waals surface area contributed by atoms with Gasteiger partial charge in [0.1, 0.15) is 0 Å². The van der Waals surface area contributed by atoms with Crippen LogP contribution in [0.25, 0.3) is 0 Å². The second-order valence-electron chi connectivity index (χ2n) is 7.07. The summed E-state index contributed by atoms with van der Waals surface area (Å²) in [7, 11) is 0. The van der Waals surface area contributed by atoms with Gasteiger partial charge in [-0.2, -0.15) is 0 Å². The van der Waals surface area contributed by atoms with Crippen LogP contribution in [0, 0.1) is 5.92 Å². The van der Waals surface area contributed by atoms with E-state index in [-0.39, 0.29) is 17.9 Å². The predicted molar refractivity (Wildman–Crippen MR) is 110 cm³/mol. The first-order valence-electron chi connectivity index (χ1n) is 9.73. The van der Waals surface area contributed by atoms with E-state index in [4.69, 9.17) is 0 Å². The predicted octanol–water partition coefficient (Wildman–Crippen LogP) is 3.60. The fourth-order valence-electron chi connectivity index (χ4n) is 3.71. The zero-order valence-electron chi connectivity index (χ0n) is 15.7. The maximum absolute atomic E-state index is 13.0. The summed E-state index contributed by atoms with van der Waals surface area (Å²) < 4.78 is 0. The van der Waals surface area contributed by atoms with E-state index in [2.05, 4.69) is 44.5 Å². The van der Waals surface area contributed by atoms with Crippen LogP contribution >= 0.6 is 0 Å². The molecule has 28 heavy (non-hydrogen) atoms. The topological polar surface area (TPSA) is 58.1 Å². The van der Waals surface area contributed by atoms with Crippen molar-refractivity contribution in [3.63, 3.8) is 0 Å². The maximum Gasteiger partial charge on any atom is 0.225 e. The molecule has 5 heteroatoms. The number of nitrogens with one attached hydrogen (secondary N) is 1. The Morgan fingerprint density at radius 3 is 1.93 bits per heavy atom. The van der Waals surface area contributed by atoms with Gasteiger partial charge in [0.05, 0.1) is 6.04 Å². The molecule has 1 N–H and O–H groups in total. The highest BCUT2D eigenvalue weighted by molar-refractivity contribution is 5.80. The lowest BCUT2D eigenvalue weighted by atomic mass is 9.93. The molecule has 1 aromatic heterocycles. The van der Waals surface area contributed by atoms with Gasteiger partial charge in [-0.1, -0.05) is 60.7 Å². The van der Waals surface area contributed by atoms with E-state index in [9.17, 15) is 4.79 Å². The number of aromatic nitrogens is 2. The molecular formula is C23H24N4O. The van der Waals surface area contributed by atoms with Gasteiger partial charge in [-0.15, -0.1) is 0 Å². The molecule has 1 aliphatic rings. The molecular weight excluding hydrogens is 348 g/mol. The summed E-state index contributed by atoms with van der Waals surface area (Å²) >= 11 is 0. The SMILES string of the molecule is O=C(NC(c1ccccc1)c1ccccc1)C1CCN(c2ncccn2)CC1. The van der Waals surface area contributed by atoms with E-state index in [1.54, 1.807) is 12.4 Å². The molecule has 1 amide bonds. The van der Waals surface area contributed by atoms with Gasteiger partial charge in [0, 0.05) is 31.4 Å². The smallest absolute Gasteiger partial charge is 0.225 e. The standard InChI is InChI=1S/C23H24N4O/c28-22(20-12-16-27(17-13-20)23-24-14-7-15-25-23)26-21(18-8-3-1-4-9-18)19-10-5-2-6-11-19/h1-11,14-15,20-21H,12-13,16-17H2,(H,26,28). The summed E-state index contributed by atoms with van der Waals surface area (Å²) in [4.78, 5) is 23.8. The van der Waals surface area contributed by atoms with Gasteiger partial charge in [-0.25, -0.2) is 9.97 Å². The molecule has 0 saturated carbocycles. The van der Waals surface area contributed by atoms with Crippen molar-refractivity contribution in [1.29, 1.82) is 0 Å². The third kappa shape index (κ3) is 4.19. The zero-order chi connectivity index (χ0) is 19.2. The molecule has 1 aliphatic heterocycles. The lowest BCUT2D eigenvalue weighted by Crippen LogP contribution is -2.42. The largest absolute Gasteiger partial charge is 0.345 e. The number of nitrogens with zero attached hydrogens (tertiary/aromatic N) is 3. The van der Waals surface area contributed by atoms with Gasteiger partial charge >= 0.3 is 0 Å². The van der Waals surface area contributed by atoms with Gasteiger partial charge in [-0.05, 0) is 30.0 Å². The maximum atomic E-state index is 13.0. The van der Waals surface area contributed by atoms with Crippen LogP contribution < -0.4 is 10.2 Å². The summed E-state index contributed by atoms with van der Waals surface area (Å²) in [5, 5.41) is 3.29. The lowest BCUT2D eigenvalue weighted by Gasteiger charge is -2.32. The quantitative estimate of drug-likeness (QED) is 0.743. The first-order chi connectivity index (χ1) is 13.8. The van der Waals surface area contributed by atoms with E-state index in [1.807, 2.05) is 42.5 Å². The highest BCUT2D eigenvalue weighted by Crippen LogP contribution is 2.25. The van der Waals surface area contributed by atoms with Crippen LogP contribution in [-0.4, -0.2) is 29.0 Å². The minimum Gasteiger partial charge on any atom is -0.345 e. The molecule has 0 bridgehead atoms. The summed E-state index contributed by atoms with van der Waals surface area (Å²) in [6.45, 7) is 1.59. The van der Waals surface area contributed by atoms with Crippen LogP contribution in [0.2, 0.25) is 0 Å². The van der Waals surface area contributed by atoms with Crippen molar-refractivity contribution < 1.29 is 4.79 Å². The molecule has 142 valence electrons. The lowest BCUT2D eigenvalue weighted by molar-refractivity contribution is -0.126. The molecule has 1 fully saturated rings. The molecule has 4 rings (SSSR count). The van der Waals surface area contributed by atoms with Crippen LogP contribution in [0.3, 0.4) is 0 Å². The monoisotopic (exact) mass is 372 g/mol. The Hall–Kier alpha value is -3.21. The Kier molecular flexibility index (Phi) is 5.61.